The number of aromatic nitrogens is 2. The highest BCUT2D eigenvalue weighted by atomic mass is 32.2. The number of thiophene rings is 1. The molecule has 2 saturated heterocycles. The molecule has 2 bridgehead atoms. The lowest BCUT2D eigenvalue weighted by molar-refractivity contribution is -0.112. The number of hydrogen-bond acceptors (Lipinski definition) is 9. The number of sulfone groups is 1. The van der Waals surface area contributed by atoms with Crippen LogP contribution in [0.1, 0.15) is 32.8 Å². The predicted molar refractivity (Wildman–Crippen MR) is 138 cm³/mol. The van der Waals surface area contributed by atoms with E-state index in [9.17, 15) is 13.2 Å². The maximum absolute atomic E-state index is 15.1. The number of hydrogen-bond donors (Lipinski definition) is 0. The van der Waals surface area contributed by atoms with E-state index in [0.717, 1.165) is 6.26 Å². The Morgan fingerprint density at radius 2 is 1.89 bits per heavy atom. The fraction of sp³-hybridized carbons (Fsp3) is 0.560. The van der Waals surface area contributed by atoms with Crippen molar-refractivity contribution in [3.63, 3.8) is 0 Å². The minimum absolute atomic E-state index is 0.0553. The van der Waals surface area contributed by atoms with E-state index in [0.29, 0.717) is 53.5 Å². The van der Waals surface area contributed by atoms with Crippen LogP contribution in [0.3, 0.4) is 0 Å². The van der Waals surface area contributed by atoms with Crippen LogP contribution >= 0.6 is 11.3 Å². The van der Waals surface area contributed by atoms with Gasteiger partial charge in [-0.1, -0.05) is 6.08 Å². The zero-order valence-electron chi connectivity index (χ0n) is 21.1. The zero-order chi connectivity index (χ0) is 26.5. The molecule has 1 aliphatic carbocycles. The van der Waals surface area contributed by atoms with Crippen LogP contribution in [0.25, 0.3) is 15.8 Å². The molecule has 3 unspecified atom stereocenters. The normalized spacial score (nSPS) is 26.5. The Labute approximate surface area is 219 Å². The highest BCUT2D eigenvalue weighted by Crippen LogP contribution is 2.41. The average molecular weight is 552 g/mol. The van der Waals surface area contributed by atoms with Gasteiger partial charge in [0.15, 0.2) is 9.84 Å². The van der Waals surface area contributed by atoms with Crippen LogP contribution in [0.4, 0.5) is 9.18 Å². The molecular weight excluding hydrogens is 521 g/mol. The molecule has 2 fully saturated rings. The number of ether oxygens (including phenoxy) is 3. The molecule has 4 heterocycles. The average Bonchev–Trinajstić information content (AvgIpc) is 3.22. The van der Waals surface area contributed by atoms with Crippen LogP contribution in [0.2, 0.25) is 0 Å². The van der Waals surface area contributed by atoms with Crippen molar-refractivity contribution in [3.8, 4) is 5.88 Å². The van der Waals surface area contributed by atoms with Crippen molar-refractivity contribution in [1.82, 2.24) is 14.9 Å². The van der Waals surface area contributed by atoms with Gasteiger partial charge < -0.3 is 19.1 Å². The van der Waals surface area contributed by atoms with Gasteiger partial charge in [-0.05, 0) is 32.4 Å². The van der Waals surface area contributed by atoms with Crippen molar-refractivity contribution in [1.29, 1.82) is 0 Å². The Balaban J connectivity index is 1.39. The fourth-order valence-electron chi connectivity index (χ4n) is 4.99. The maximum atomic E-state index is 15.1. The number of likely N-dealkylation sites (tertiary alicyclic amines) is 1. The van der Waals surface area contributed by atoms with E-state index >= 15 is 4.39 Å². The lowest BCUT2D eigenvalue weighted by atomic mass is 9.84. The summed E-state index contributed by atoms with van der Waals surface area (Å²) in [6, 6.07) is 0. The lowest BCUT2D eigenvalue weighted by Gasteiger charge is -2.46. The third-order valence-electron chi connectivity index (χ3n) is 6.68. The summed E-state index contributed by atoms with van der Waals surface area (Å²) in [5.41, 5.74) is 0.979. The van der Waals surface area contributed by atoms with Crippen molar-refractivity contribution < 1.29 is 31.8 Å². The molecular formula is C25H30FN3O6S2. The van der Waals surface area contributed by atoms with Crippen LogP contribution in [0.15, 0.2) is 28.8 Å². The first-order valence-corrected chi connectivity index (χ1v) is 14.9. The third-order valence-corrected chi connectivity index (χ3v) is 8.89. The molecule has 200 valence electrons. The van der Waals surface area contributed by atoms with Gasteiger partial charge in [0.25, 0.3) is 0 Å². The van der Waals surface area contributed by atoms with Crippen LogP contribution in [-0.4, -0.2) is 79.8 Å². The van der Waals surface area contributed by atoms with Gasteiger partial charge in [-0.25, -0.2) is 27.6 Å². The molecule has 0 radical (unpaired) electrons. The van der Waals surface area contributed by atoms with E-state index in [-0.39, 0.29) is 35.4 Å². The Hall–Kier alpha value is -2.57. The number of amides is 1. The lowest BCUT2D eigenvalue weighted by Crippen LogP contribution is -2.59. The molecule has 3 aliphatic rings. The van der Waals surface area contributed by atoms with Crippen molar-refractivity contribution in [2.75, 3.05) is 32.6 Å². The first kappa shape index (κ1) is 26.1. The summed E-state index contributed by atoms with van der Waals surface area (Å²) in [5, 5.41) is 1.80. The van der Waals surface area contributed by atoms with E-state index in [2.05, 4.69) is 9.97 Å². The van der Waals surface area contributed by atoms with Crippen molar-refractivity contribution in [2.45, 2.75) is 45.1 Å². The Bertz CT molecular complexity index is 1370. The van der Waals surface area contributed by atoms with E-state index < -0.39 is 21.6 Å². The zero-order valence-corrected chi connectivity index (χ0v) is 22.8. The standard InChI is InChI=1S/C25H30FN3O6S2/c1-25(2,3)35-24(30)29-8-14-10-33-11-15(9-29)21(14)34-23-22-20(27-13-28-23)18(12-36-22)17-6-5-16(7-19(17)26)37(4,31)32/h5-6,12-15,19,21H,7-11H2,1-4H3. The summed E-state index contributed by atoms with van der Waals surface area (Å²) in [6.07, 6.45) is 3.25. The number of nitrogens with zero attached hydrogens (tertiary/aromatic N) is 3. The van der Waals surface area contributed by atoms with E-state index in [1.54, 1.807) is 10.3 Å². The molecule has 1 amide bonds. The Morgan fingerprint density at radius 1 is 1.19 bits per heavy atom. The van der Waals surface area contributed by atoms with Gasteiger partial charge >= 0.3 is 6.09 Å². The number of rotatable bonds is 4. The van der Waals surface area contributed by atoms with Gasteiger partial charge in [0.2, 0.25) is 5.88 Å². The number of fused-ring (bicyclic) bond motifs is 3. The summed E-state index contributed by atoms with van der Waals surface area (Å²) in [7, 11) is -3.45. The number of alkyl halides is 1. The van der Waals surface area contributed by atoms with Crippen LogP contribution in [0, 0.1) is 11.8 Å². The SMILES string of the molecule is CC(C)(C)OC(=O)N1CC2COCC(C1)C2Oc1ncnc2c(C3=CC=C(S(C)(=O)=O)CC3F)csc12. The molecule has 2 aromatic heterocycles. The summed E-state index contributed by atoms with van der Waals surface area (Å²) in [4.78, 5) is 23.2. The van der Waals surface area contributed by atoms with E-state index in [4.69, 9.17) is 14.2 Å². The van der Waals surface area contributed by atoms with Crippen molar-refractivity contribution in [2.24, 2.45) is 11.8 Å². The second-order valence-corrected chi connectivity index (χ2v) is 13.7. The molecule has 0 N–H and O–H groups in total. The third kappa shape index (κ3) is 5.37. The molecule has 0 spiro atoms. The minimum atomic E-state index is -3.45. The molecule has 0 saturated carbocycles. The van der Waals surface area contributed by atoms with Crippen molar-refractivity contribution >= 4 is 43.1 Å². The quantitative estimate of drug-likeness (QED) is 0.561. The molecule has 37 heavy (non-hydrogen) atoms. The second-order valence-electron chi connectivity index (χ2n) is 10.7. The fourth-order valence-corrected chi connectivity index (χ4v) is 6.71. The second kappa shape index (κ2) is 9.63. The van der Waals surface area contributed by atoms with Crippen LogP contribution in [-0.2, 0) is 19.3 Å². The number of allylic oxidation sites excluding steroid dienone is 4. The highest BCUT2D eigenvalue weighted by Gasteiger charge is 2.44. The molecule has 2 aliphatic heterocycles. The Kier molecular flexibility index (Phi) is 6.78. The molecule has 5 rings (SSSR count). The number of halogens is 1. The van der Waals surface area contributed by atoms with Gasteiger partial charge in [-0.3, -0.25) is 0 Å². The van der Waals surface area contributed by atoms with Gasteiger partial charge in [0, 0.05) is 53.5 Å². The summed E-state index contributed by atoms with van der Waals surface area (Å²) in [6.45, 7) is 7.34. The van der Waals surface area contributed by atoms with Gasteiger partial charge in [0.1, 0.15) is 28.9 Å². The van der Waals surface area contributed by atoms with E-state index in [1.807, 2.05) is 20.8 Å². The summed E-state index contributed by atoms with van der Waals surface area (Å²) < 4.78 is 57.2. The first-order valence-electron chi connectivity index (χ1n) is 12.1. The molecule has 9 nitrogen and oxygen atoms in total. The van der Waals surface area contributed by atoms with Crippen LogP contribution < -0.4 is 4.74 Å². The monoisotopic (exact) mass is 551 g/mol. The molecule has 0 aromatic carbocycles. The minimum Gasteiger partial charge on any atom is -0.472 e. The van der Waals surface area contributed by atoms with E-state index in [1.165, 1.54) is 29.8 Å². The van der Waals surface area contributed by atoms with Gasteiger partial charge in [-0.15, -0.1) is 11.3 Å². The van der Waals surface area contributed by atoms with Gasteiger partial charge in [-0.2, -0.15) is 0 Å². The number of carbonyl (C=O) groups is 1. The Morgan fingerprint density at radius 3 is 2.51 bits per heavy atom. The maximum Gasteiger partial charge on any atom is 0.410 e. The van der Waals surface area contributed by atoms with Crippen molar-refractivity contribution in [3.05, 3.63) is 34.3 Å². The largest absolute Gasteiger partial charge is 0.472 e. The summed E-state index contributed by atoms with van der Waals surface area (Å²) in [5.74, 6) is 0.300. The smallest absolute Gasteiger partial charge is 0.410 e. The van der Waals surface area contributed by atoms with Crippen LogP contribution in [0.5, 0.6) is 5.88 Å². The highest BCUT2D eigenvalue weighted by molar-refractivity contribution is 7.94. The predicted octanol–water partition coefficient (Wildman–Crippen LogP) is 4.01. The number of piperidine rings is 1. The van der Waals surface area contributed by atoms with Gasteiger partial charge in [0.05, 0.1) is 18.7 Å². The number of carbonyl (C=O) groups excluding carboxylic acids is 1. The molecule has 2 aromatic rings. The topological polar surface area (TPSA) is 108 Å². The first-order chi connectivity index (χ1) is 17.4. The molecule has 3 atom stereocenters. The molecule has 12 heteroatoms. The summed E-state index contributed by atoms with van der Waals surface area (Å²) >= 11 is 1.36.